The van der Waals surface area contributed by atoms with Gasteiger partial charge in [-0.1, -0.05) is 6.58 Å². The second kappa shape index (κ2) is 6.05. The first-order chi connectivity index (χ1) is 2.27. The standard InChI is InChI=1S/C4H6O.K.H/c1-4(2)3-5;;/h3H,1H2,2H3;;/q;+1;-1. The molecule has 30 valence electrons. The number of rotatable bonds is 1. The van der Waals surface area contributed by atoms with Gasteiger partial charge in [0.25, 0.3) is 0 Å². The Morgan fingerprint density at radius 1 is 2.00 bits per heavy atom. The molecule has 0 aromatic heterocycles. The topological polar surface area (TPSA) is 17.1 Å². The Bertz CT molecular complexity index is 62.7. The maximum Gasteiger partial charge on any atom is 1.00 e. The van der Waals surface area contributed by atoms with Crippen molar-refractivity contribution < 1.29 is 57.6 Å². The summed E-state index contributed by atoms with van der Waals surface area (Å²) in [6.45, 7) is 4.97. The molecule has 2 heteroatoms. The Morgan fingerprint density at radius 2 is 2.17 bits per heavy atom. The molecule has 0 aliphatic carbocycles. The van der Waals surface area contributed by atoms with E-state index in [0.29, 0.717) is 5.57 Å². The van der Waals surface area contributed by atoms with Gasteiger partial charge in [-0.15, -0.1) is 0 Å². The third-order valence-electron chi connectivity index (χ3n) is 0.201. The molecule has 0 spiro atoms. The van der Waals surface area contributed by atoms with Crippen LogP contribution in [-0.2, 0) is 4.79 Å². The zero-order chi connectivity index (χ0) is 4.28. The second-order valence-electron chi connectivity index (χ2n) is 0.964. The van der Waals surface area contributed by atoms with E-state index < -0.39 is 0 Å². The number of hydrogen-bond acceptors (Lipinski definition) is 1. The van der Waals surface area contributed by atoms with E-state index in [2.05, 4.69) is 6.58 Å². The van der Waals surface area contributed by atoms with Crippen LogP contribution >= 0.6 is 0 Å². The molecular weight excluding hydrogens is 103 g/mol. The summed E-state index contributed by atoms with van der Waals surface area (Å²) in [5.74, 6) is 0. The minimum atomic E-state index is 0. The van der Waals surface area contributed by atoms with Crippen molar-refractivity contribution in [2.24, 2.45) is 0 Å². The molecule has 0 aliphatic rings. The van der Waals surface area contributed by atoms with E-state index in [1.807, 2.05) is 0 Å². The summed E-state index contributed by atoms with van der Waals surface area (Å²) in [5, 5.41) is 0. The van der Waals surface area contributed by atoms with Gasteiger partial charge in [0, 0.05) is 0 Å². The number of hydrogen-bond donors (Lipinski definition) is 0. The van der Waals surface area contributed by atoms with Gasteiger partial charge in [-0.2, -0.15) is 0 Å². The molecule has 0 fully saturated rings. The number of allylic oxidation sites excluding steroid dienone is 1. The van der Waals surface area contributed by atoms with Crippen LogP contribution in [0.15, 0.2) is 12.2 Å². The molecule has 0 amide bonds. The Labute approximate surface area is 81.7 Å². The van der Waals surface area contributed by atoms with Gasteiger partial charge in [0.2, 0.25) is 0 Å². The molecule has 0 saturated carbocycles. The van der Waals surface area contributed by atoms with Gasteiger partial charge in [-0.05, 0) is 12.5 Å². The largest absolute Gasteiger partial charge is 1.00 e. The van der Waals surface area contributed by atoms with E-state index in [-0.39, 0.29) is 52.8 Å². The Balaban J connectivity index is -0.0000000800. The summed E-state index contributed by atoms with van der Waals surface area (Å²) in [5.41, 5.74) is 0.574. The van der Waals surface area contributed by atoms with Crippen LogP contribution in [0, 0.1) is 0 Å². The zero-order valence-corrected chi connectivity index (χ0v) is 7.32. The van der Waals surface area contributed by atoms with E-state index in [0.717, 1.165) is 6.29 Å². The molecule has 0 bridgehead atoms. The average Bonchev–Trinajstić information content (AvgIpc) is 1.38. The minimum absolute atomic E-state index is 0. The van der Waals surface area contributed by atoms with Crippen LogP contribution in [-0.4, -0.2) is 6.29 Å². The van der Waals surface area contributed by atoms with Crippen LogP contribution in [0.4, 0.5) is 0 Å². The van der Waals surface area contributed by atoms with E-state index >= 15 is 0 Å². The monoisotopic (exact) mass is 110 g/mol. The predicted octanol–water partition coefficient (Wildman–Crippen LogP) is -2.12. The van der Waals surface area contributed by atoms with Crippen LogP contribution in [0.1, 0.15) is 8.35 Å². The minimum Gasteiger partial charge on any atom is -1.00 e. The van der Waals surface area contributed by atoms with Crippen molar-refractivity contribution in [3.63, 3.8) is 0 Å². The summed E-state index contributed by atoms with van der Waals surface area (Å²) in [6, 6.07) is 0. The fourth-order valence-corrected chi connectivity index (χ4v) is 0. The second-order valence-corrected chi connectivity index (χ2v) is 0.964. The molecule has 0 saturated heterocycles. The molecule has 0 N–H and O–H groups in total. The summed E-state index contributed by atoms with van der Waals surface area (Å²) in [6.07, 6.45) is 0.722. The van der Waals surface area contributed by atoms with E-state index in [1.165, 1.54) is 0 Å². The van der Waals surface area contributed by atoms with Gasteiger partial charge in [-0.25, -0.2) is 0 Å². The predicted molar refractivity (Wildman–Crippen MR) is 22.0 cm³/mol. The van der Waals surface area contributed by atoms with Crippen LogP contribution in [0.5, 0.6) is 0 Å². The maximum atomic E-state index is 9.41. The molecule has 0 rings (SSSR count). The van der Waals surface area contributed by atoms with Gasteiger partial charge in [0.1, 0.15) is 6.29 Å². The van der Waals surface area contributed by atoms with Crippen LogP contribution < -0.4 is 51.4 Å². The summed E-state index contributed by atoms with van der Waals surface area (Å²) in [7, 11) is 0. The molecule has 0 unspecified atom stereocenters. The van der Waals surface area contributed by atoms with Crippen LogP contribution in [0.2, 0.25) is 0 Å². The van der Waals surface area contributed by atoms with Crippen molar-refractivity contribution in [1.29, 1.82) is 0 Å². The number of carbonyl (C=O) groups is 1. The average molecular weight is 110 g/mol. The van der Waals surface area contributed by atoms with Crippen LogP contribution in [0.3, 0.4) is 0 Å². The molecule has 0 radical (unpaired) electrons. The molecule has 0 aromatic carbocycles. The van der Waals surface area contributed by atoms with Gasteiger partial charge in [0.05, 0.1) is 0 Å². The third-order valence-corrected chi connectivity index (χ3v) is 0.201. The van der Waals surface area contributed by atoms with E-state index in [4.69, 9.17) is 0 Å². The molecule has 6 heavy (non-hydrogen) atoms. The summed E-state index contributed by atoms with van der Waals surface area (Å²) in [4.78, 5) is 9.41. The number of aldehydes is 1. The normalized spacial score (nSPS) is 5.50. The van der Waals surface area contributed by atoms with Crippen molar-refractivity contribution >= 4 is 6.29 Å². The first-order valence-corrected chi connectivity index (χ1v) is 1.38. The Kier molecular flexibility index (Phi) is 10.2. The smallest absolute Gasteiger partial charge is 1.00 e. The van der Waals surface area contributed by atoms with Gasteiger partial charge >= 0.3 is 51.4 Å². The molecular formula is C4H7KO. The van der Waals surface area contributed by atoms with Gasteiger partial charge < -0.3 is 1.43 Å². The van der Waals surface area contributed by atoms with E-state index in [9.17, 15) is 4.79 Å². The Hall–Kier alpha value is 1.05. The van der Waals surface area contributed by atoms with E-state index in [1.54, 1.807) is 6.92 Å². The summed E-state index contributed by atoms with van der Waals surface area (Å²) < 4.78 is 0. The van der Waals surface area contributed by atoms with Crippen molar-refractivity contribution in [2.45, 2.75) is 6.92 Å². The SMILES string of the molecule is C=C(C)C=O.[H-].[K+]. The molecule has 0 aromatic rings. The third kappa shape index (κ3) is 8.90. The van der Waals surface area contributed by atoms with Crippen molar-refractivity contribution in [3.05, 3.63) is 12.2 Å². The first-order valence-electron chi connectivity index (χ1n) is 1.38. The number of carbonyl (C=O) groups excluding carboxylic acids is 1. The van der Waals surface area contributed by atoms with Crippen molar-refractivity contribution in [2.75, 3.05) is 0 Å². The zero-order valence-electron chi connectivity index (χ0n) is 5.19. The van der Waals surface area contributed by atoms with Crippen molar-refractivity contribution in [1.82, 2.24) is 0 Å². The summed E-state index contributed by atoms with van der Waals surface area (Å²) >= 11 is 0. The Morgan fingerprint density at radius 3 is 2.17 bits per heavy atom. The maximum absolute atomic E-state index is 9.41. The fraction of sp³-hybridized carbons (Fsp3) is 0.250. The molecule has 0 heterocycles. The quantitative estimate of drug-likeness (QED) is 0.214. The van der Waals surface area contributed by atoms with Gasteiger partial charge in [0.15, 0.2) is 0 Å². The first kappa shape index (κ1) is 10.1. The van der Waals surface area contributed by atoms with Crippen LogP contribution in [0.25, 0.3) is 0 Å². The van der Waals surface area contributed by atoms with Crippen molar-refractivity contribution in [3.8, 4) is 0 Å². The fourth-order valence-electron chi connectivity index (χ4n) is 0. The molecule has 0 atom stereocenters. The van der Waals surface area contributed by atoms with Gasteiger partial charge in [-0.3, -0.25) is 4.79 Å². The molecule has 0 aliphatic heterocycles. The molecule has 1 nitrogen and oxygen atoms in total.